The summed E-state index contributed by atoms with van der Waals surface area (Å²) in [5, 5.41) is 0. The van der Waals surface area contributed by atoms with Crippen molar-refractivity contribution < 1.29 is 17.6 Å². The maximum absolute atomic E-state index is 12.7. The van der Waals surface area contributed by atoms with Crippen LogP contribution in [0, 0.1) is 12.7 Å². The van der Waals surface area contributed by atoms with Crippen LogP contribution < -0.4 is 5.73 Å². The van der Waals surface area contributed by atoms with Crippen LogP contribution in [0.3, 0.4) is 0 Å². The Balaban J connectivity index is 0.00000196. The zero-order valence-corrected chi connectivity index (χ0v) is 8.62. The first-order valence-corrected chi connectivity index (χ1v) is 3.90. The molecule has 0 heterocycles. The van der Waals surface area contributed by atoms with Crippen molar-refractivity contribution in [2.45, 2.75) is 19.1 Å². The minimum absolute atomic E-state index is 0. The quantitative estimate of drug-likeness (QED) is 0.754. The summed E-state index contributed by atoms with van der Waals surface area (Å²) in [6.45, 7) is 1.39. The van der Waals surface area contributed by atoms with E-state index >= 15 is 0 Å². The van der Waals surface area contributed by atoms with Crippen molar-refractivity contribution in [2.75, 3.05) is 0 Å². The molecule has 86 valence electrons. The van der Waals surface area contributed by atoms with Crippen LogP contribution in [-0.2, 0) is 0 Å². The Labute approximate surface area is 90.7 Å². The van der Waals surface area contributed by atoms with Gasteiger partial charge in [0.1, 0.15) is 11.9 Å². The molecule has 0 saturated heterocycles. The number of aryl methyl sites for hydroxylation is 1. The third-order valence-corrected chi connectivity index (χ3v) is 1.89. The van der Waals surface area contributed by atoms with E-state index in [4.69, 9.17) is 5.73 Å². The third-order valence-electron chi connectivity index (χ3n) is 1.89. The predicted molar refractivity (Wildman–Crippen MR) is 51.4 cm³/mol. The average Bonchev–Trinajstić information content (AvgIpc) is 2.07. The third kappa shape index (κ3) is 3.35. The van der Waals surface area contributed by atoms with Gasteiger partial charge in [0.05, 0.1) is 0 Å². The summed E-state index contributed by atoms with van der Waals surface area (Å²) in [6, 6.07) is 1.08. The van der Waals surface area contributed by atoms with Crippen LogP contribution in [0.25, 0.3) is 0 Å². The zero-order chi connectivity index (χ0) is 10.9. The van der Waals surface area contributed by atoms with E-state index in [0.717, 1.165) is 18.2 Å². The number of hydrogen-bond donors (Lipinski definition) is 1. The average molecular weight is 244 g/mol. The molecule has 1 aromatic carbocycles. The SMILES string of the molecule is Cc1cc(C(N)C(F)(F)F)ccc1F.Cl. The van der Waals surface area contributed by atoms with Gasteiger partial charge in [-0.2, -0.15) is 13.2 Å². The molecular weight excluding hydrogens is 234 g/mol. The van der Waals surface area contributed by atoms with Gasteiger partial charge in [0.15, 0.2) is 0 Å². The summed E-state index contributed by atoms with van der Waals surface area (Å²) >= 11 is 0. The molecule has 1 nitrogen and oxygen atoms in total. The summed E-state index contributed by atoms with van der Waals surface area (Å²) in [7, 11) is 0. The van der Waals surface area contributed by atoms with E-state index in [0.29, 0.717) is 0 Å². The molecule has 0 aliphatic rings. The Bertz CT molecular complexity index is 337. The molecule has 0 radical (unpaired) electrons. The molecule has 0 bridgehead atoms. The van der Waals surface area contributed by atoms with Crippen molar-refractivity contribution >= 4 is 12.4 Å². The molecule has 0 aliphatic heterocycles. The van der Waals surface area contributed by atoms with Gasteiger partial charge in [-0.1, -0.05) is 12.1 Å². The molecule has 1 rings (SSSR count). The summed E-state index contributed by atoms with van der Waals surface area (Å²) in [5.41, 5.74) is 4.97. The van der Waals surface area contributed by atoms with Crippen molar-refractivity contribution in [3.05, 3.63) is 35.1 Å². The van der Waals surface area contributed by atoms with Crippen LogP contribution in [0.15, 0.2) is 18.2 Å². The molecule has 15 heavy (non-hydrogen) atoms. The van der Waals surface area contributed by atoms with Crippen LogP contribution in [0.2, 0.25) is 0 Å². The number of rotatable bonds is 1. The topological polar surface area (TPSA) is 26.0 Å². The molecule has 0 fully saturated rings. The first-order chi connectivity index (χ1) is 6.32. The number of nitrogens with two attached hydrogens (primary N) is 1. The highest BCUT2D eigenvalue weighted by Crippen LogP contribution is 2.30. The van der Waals surface area contributed by atoms with Gasteiger partial charge < -0.3 is 5.73 Å². The van der Waals surface area contributed by atoms with Gasteiger partial charge in [-0.15, -0.1) is 12.4 Å². The lowest BCUT2D eigenvalue weighted by atomic mass is 10.0. The number of halogens is 5. The van der Waals surface area contributed by atoms with Crippen LogP contribution in [0.4, 0.5) is 17.6 Å². The highest BCUT2D eigenvalue weighted by atomic mass is 35.5. The Morgan fingerprint density at radius 3 is 2.20 bits per heavy atom. The first-order valence-electron chi connectivity index (χ1n) is 3.90. The summed E-state index contributed by atoms with van der Waals surface area (Å²) < 4.78 is 49.2. The van der Waals surface area contributed by atoms with E-state index in [1.165, 1.54) is 6.92 Å². The normalized spacial score (nSPS) is 13.2. The van der Waals surface area contributed by atoms with E-state index in [1.54, 1.807) is 0 Å². The van der Waals surface area contributed by atoms with Crippen molar-refractivity contribution in [3.8, 4) is 0 Å². The second kappa shape index (κ2) is 4.81. The van der Waals surface area contributed by atoms with Crippen molar-refractivity contribution in [1.82, 2.24) is 0 Å². The van der Waals surface area contributed by atoms with Gasteiger partial charge in [0, 0.05) is 0 Å². The molecule has 0 saturated carbocycles. The molecule has 1 aromatic rings. The fraction of sp³-hybridized carbons (Fsp3) is 0.333. The Kier molecular flexibility index (Phi) is 4.55. The number of alkyl halides is 3. The first kappa shape index (κ1) is 14.2. The maximum atomic E-state index is 12.7. The number of hydrogen-bond acceptors (Lipinski definition) is 1. The van der Waals surface area contributed by atoms with Gasteiger partial charge in [-0.25, -0.2) is 4.39 Å². The summed E-state index contributed by atoms with van der Waals surface area (Å²) in [5.74, 6) is -0.539. The fourth-order valence-electron chi connectivity index (χ4n) is 1.05. The van der Waals surface area contributed by atoms with Crippen molar-refractivity contribution in [2.24, 2.45) is 5.73 Å². The van der Waals surface area contributed by atoms with Crippen LogP contribution >= 0.6 is 12.4 Å². The highest BCUT2D eigenvalue weighted by Gasteiger charge is 2.37. The molecule has 0 aliphatic carbocycles. The molecular formula is C9H10ClF4N. The van der Waals surface area contributed by atoms with E-state index in [1.807, 2.05) is 0 Å². The smallest absolute Gasteiger partial charge is 0.316 e. The van der Waals surface area contributed by atoms with Gasteiger partial charge in [-0.05, 0) is 24.1 Å². The standard InChI is InChI=1S/C9H9F4N.ClH/c1-5-4-6(2-3-7(5)10)8(14)9(11,12)13;/h2-4,8H,14H2,1H3;1H. The zero-order valence-electron chi connectivity index (χ0n) is 7.81. The Morgan fingerprint density at radius 1 is 1.27 bits per heavy atom. The molecule has 6 heteroatoms. The summed E-state index contributed by atoms with van der Waals surface area (Å²) in [4.78, 5) is 0. The molecule has 0 aromatic heterocycles. The second-order valence-corrected chi connectivity index (χ2v) is 3.03. The molecule has 0 spiro atoms. The van der Waals surface area contributed by atoms with Gasteiger partial charge in [0.25, 0.3) is 0 Å². The molecule has 1 atom stereocenters. The Morgan fingerprint density at radius 2 is 1.80 bits per heavy atom. The number of benzene rings is 1. The molecule has 0 amide bonds. The van der Waals surface area contributed by atoms with E-state index in [-0.39, 0.29) is 23.5 Å². The maximum Gasteiger partial charge on any atom is 0.407 e. The summed E-state index contributed by atoms with van der Waals surface area (Å²) in [6.07, 6.45) is -4.50. The largest absolute Gasteiger partial charge is 0.407 e. The van der Waals surface area contributed by atoms with Crippen LogP contribution in [-0.4, -0.2) is 6.18 Å². The van der Waals surface area contributed by atoms with Gasteiger partial charge in [0.2, 0.25) is 0 Å². The minimum Gasteiger partial charge on any atom is -0.316 e. The van der Waals surface area contributed by atoms with Crippen LogP contribution in [0.1, 0.15) is 17.2 Å². The van der Waals surface area contributed by atoms with Crippen LogP contribution in [0.5, 0.6) is 0 Å². The van der Waals surface area contributed by atoms with E-state index < -0.39 is 18.0 Å². The lowest BCUT2D eigenvalue weighted by Crippen LogP contribution is -2.28. The Hall–Kier alpha value is -0.810. The molecule has 1 unspecified atom stereocenters. The van der Waals surface area contributed by atoms with Crippen molar-refractivity contribution in [3.63, 3.8) is 0 Å². The van der Waals surface area contributed by atoms with E-state index in [2.05, 4.69) is 0 Å². The van der Waals surface area contributed by atoms with Crippen molar-refractivity contribution in [1.29, 1.82) is 0 Å². The predicted octanol–water partition coefficient (Wildman–Crippen LogP) is 3.12. The highest BCUT2D eigenvalue weighted by molar-refractivity contribution is 5.85. The van der Waals surface area contributed by atoms with E-state index in [9.17, 15) is 17.6 Å². The second-order valence-electron chi connectivity index (χ2n) is 3.03. The van der Waals surface area contributed by atoms with Gasteiger partial charge in [-0.3, -0.25) is 0 Å². The monoisotopic (exact) mass is 243 g/mol. The minimum atomic E-state index is -4.50. The van der Waals surface area contributed by atoms with Gasteiger partial charge >= 0.3 is 6.18 Å². The lowest BCUT2D eigenvalue weighted by Gasteiger charge is -2.16. The lowest BCUT2D eigenvalue weighted by molar-refractivity contribution is -0.149. The molecule has 2 N–H and O–H groups in total. The fourth-order valence-corrected chi connectivity index (χ4v) is 1.05.